The van der Waals surface area contributed by atoms with Crippen LogP contribution in [-0.4, -0.2) is 35.2 Å². The molecule has 6 nitrogen and oxygen atoms in total. The molecule has 1 N–H and O–H groups in total. The number of ether oxygens (including phenoxy) is 2. The predicted octanol–water partition coefficient (Wildman–Crippen LogP) is 5.23. The minimum absolute atomic E-state index is 0.0305. The molecule has 0 aromatic rings. The van der Waals surface area contributed by atoms with Crippen molar-refractivity contribution in [3.63, 3.8) is 0 Å². The molecule has 0 aliphatic heterocycles. The third-order valence-corrected chi connectivity index (χ3v) is 10.6. The van der Waals surface area contributed by atoms with E-state index in [9.17, 15) is 19.5 Å². The molecule has 0 saturated heterocycles. The molecule has 0 bridgehead atoms. The van der Waals surface area contributed by atoms with E-state index < -0.39 is 5.97 Å². The lowest BCUT2D eigenvalue weighted by Gasteiger charge is -2.62. The van der Waals surface area contributed by atoms with Gasteiger partial charge in [0.1, 0.15) is 12.2 Å². The van der Waals surface area contributed by atoms with Crippen molar-refractivity contribution < 1.29 is 29.0 Å². The first-order chi connectivity index (χ1) is 15.5. The molecule has 4 aliphatic carbocycles. The molecular weight excluding hydrogens is 420 g/mol. The lowest BCUT2D eigenvalue weighted by atomic mass is 9.43. The Kier molecular flexibility index (Phi) is 6.60. The second-order valence-electron chi connectivity index (χ2n) is 12.1. The van der Waals surface area contributed by atoms with Crippen LogP contribution in [-0.2, 0) is 23.9 Å². The van der Waals surface area contributed by atoms with E-state index in [1.165, 1.54) is 20.3 Å². The second kappa shape index (κ2) is 8.88. The van der Waals surface area contributed by atoms with Crippen LogP contribution in [0.5, 0.6) is 0 Å². The highest BCUT2D eigenvalue weighted by Gasteiger charge is 2.65. The zero-order valence-corrected chi connectivity index (χ0v) is 21.0. The molecule has 0 heterocycles. The Morgan fingerprint density at radius 3 is 2.27 bits per heavy atom. The van der Waals surface area contributed by atoms with Crippen LogP contribution >= 0.6 is 0 Å². The number of hydrogen-bond acceptors (Lipinski definition) is 5. The first-order valence-corrected chi connectivity index (χ1v) is 13.0. The molecule has 4 aliphatic rings. The highest BCUT2D eigenvalue weighted by Crippen LogP contribution is 2.69. The molecule has 0 aromatic heterocycles. The lowest BCUT2D eigenvalue weighted by Crippen LogP contribution is -2.59. The molecule has 186 valence electrons. The van der Waals surface area contributed by atoms with Gasteiger partial charge in [0.25, 0.3) is 0 Å². The maximum absolute atomic E-state index is 12.2. The number of carbonyl (C=O) groups excluding carboxylic acids is 2. The van der Waals surface area contributed by atoms with Gasteiger partial charge in [-0.05, 0) is 92.3 Å². The summed E-state index contributed by atoms with van der Waals surface area (Å²) < 4.78 is 11.7. The van der Waals surface area contributed by atoms with Crippen LogP contribution in [0.15, 0.2) is 0 Å². The summed E-state index contributed by atoms with van der Waals surface area (Å²) in [6.07, 6.45) is 8.27. The molecule has 0 aromatic carbocycles. The number of esters is 2. The Hall–Kier alpha value is -1.59. The monoisotopic (exact) mass is 462 g/mol. The van der Waals surface area contributed by atoms with Crippen LogP contribution in [0.2, 0.25) is 0 Å². The largest absolute Gasteiger partial charge is 0.481 e. The zero-order valence-electron chi connectivity index (χ0n) is 21.0. The summed E-state index contributed by atoms with van der Waals surface area (Å²) in [4.78, 5) is 35.2. The van der Waals surface area contributed by atoms with E-state index in [0.29, 0.717) is 23.7 Å². The van der Waals surface area contributed by atoms with Gasteiger partial charge in [-0.3, -0.25) is 14.4 Å². The number of carboxylic acids is 1. The van der Waals surface area contributed by atoms with Crippen LogP contribution in [0.1, 0.15) is 92.4 Å². The number of rotatable bonds is 5. The fraction of sp³-hybridized carbons (Fsp3) is 0.889. The SMILES string of the molecule is CC(=O)O[C@@H]1CC[C@@]2(C)[C@H](CC[C@@H]3[C@@H]2C[C@H](OC(C)=O)[C@]2(C)[C@@H]([C@H](C)CC(=O)O)CC[C@@H]32)C1. The van der Waals surface area contributed by atoms with Crippen molar-refractivity contribution in [2.75, 3.05) is 0 Å². The summed E-state index contributed by atoms with van der Waals surface area (Å²) in [7, 11) is 0. The number of carboxylic acid groups (broad SMARTS) is 1. The highest BCUT2D eigenvalue weighted by molar-refractivity contribution is 5.67. The van der Waals surface area contributed by atoms with Crippen LogP contribution < -0.4 is 0 Å². The van der Waals surface area contributed by atoms with Crippen molar-refractivity contribution in [1.82, 2.24) is 0 Å². The van der Waals surface area contributed by atoms with E-state index in [4.69, 9.17) is 9.47 Å². The smallest absolute Gasteiger partial charge is 0.303 e. The summed E-state index contributed by atoms with van der Waals surface area (Å²) in [5.41, 5.74) is 0.00387. The van der Waals surface area contributed by atoms with Crippen LogP contribution in [0.4, 0.5) is 0 Å². The van der Waals surface area contributed by atoms with E-state index >= 15 is 0 Å². The first-order valence-electron chi connectivity index (χ1n) is 13.0. The van der Waals surface area contributed by atoms with Gasteiger partial charge in [-0.15, -0.1) is 0 Å². The number of aliphatic carboxylic acids is 1. The van der Waals surface area contributed by atoms with E-state index in [2.05, 4.69) is 20.8 Å². The van der Waals surface area contributed by atoms with E-state index in [1.54, 1.807) is 0 Å². The fourth-order valence-corrected chi connectivity index (χ4v) is 9.25. The van der Waals surface area contributed by atoms with Crippen LogP contribution in [0, 0.1) is 46.3 Å². The maximum Gasteiger partial charge on any atom is 0.303 e. The highest BCUT2D eigenvalue weighted by atomic mass is 16.5. The van der Waals surface area contributed by atoms with Gasteiger partial charge >= 0.3 is 17.9 Å². The Morgan fingerprint density at radius 1 is 0.939 bits per heavy atom. The Balaban J connectivity index is 1.62. The second-order valence-corrected chi connectivity index (χ2v) is 12.1. The van der Waals surface area contributed by atoms with Gasteiger partial charge < -0.3 is 14.6 Å². The standard InChI is InChI=1S/C27H42O6/c1-15(12-25(30)31)21-8-9-22-20-7-6-18-13-19(32-16(2)28)10-11-26(18,4)23(20)14-24(27(21,22)5)33-17(3)29/h15,18-24H,6-14H2,1-5H3,(H,30,31)/t15-,18-,19-,20+,21-,22+,23+,24+,26+,27-/m1/s1. The summed E-state index contributed by atoms with van der Waals surface area (Å²) in [5, 5.41) is 9.45. The number of fused-ring (bicyclic) bond motifs is 5. The van der Waals surface area contributed by atoms with Gasteiger partial charge in [0, 0.05) is 25.7 Å². The maximum atomic E-state index is 12.2. The van der Waals surface area contributed by atoms with Crippen molar-refractivity contribution in [2.45, 2.75) is 105 Å². The molecule has 0 spiro atoms. The normalized spacial score (nSPS) is 45.2. The third-order valence-electron chi connectivity index (χ3n) is 10.6. The van der Waals surface area contributed by atoms with E-state index in [-0.39, 0.29) is 53.2 Å². The number of carbonyl (C=O) groups is 3. The van der Waals surface area contributed by atoms with E-state index in [1.807, 2.05) is 0 Å². The van der Waals surface area contributed by atoms with Crippen molar-refractivity contribution in [1.29, 1.82) is 0 Å². The molecule has 10 atom stereocenters. The molecule has 4 saturated carbocycles. The molecule has 0 amide bonds. The van der Waals surface area contributed by atoms with Gasteiger partial charge in [0.15, 0.2) is 0 Å². The van der Waals surface area contributed by atoms with Gasteiger partial charge in [0.2, 0.25) is 0 Å². The van der Waals surface area contributed by atoms with Crippen LogP contribution in [0.25, 0.3) is 0 Å². The summed E-state index contributed by atoms with van der Waals surface area (Å²) >= 11 is 0. The van der Waals surface area contributed by atoms with Gasteiger partial charge in [-0.1, -0.05) is 20.8 Å². The minimum Gasteiger partial charge on any atom is -0.481 e. The van der Waals surface area contributed by atoms with Crippen molar-refractivity contribution in [2.24, 2.45) is 46.3 Å². The average Bonchev–Trinajstić information content (AvgIpc) is 3.06. The summed E-state index contributed by atoms with van der Waals surface area (Å²) in [6, 6.07) is 0. The Labute approximate surface area is 198 Å². The minimum atomic E-state index is -0.746. The van der Waals surface area contributed by atoms with Crippen molar-refractivity contribution in [3.8, 4) is 0 Å². The Bertz CT molecular complexity index is 793. The average molecular weight is 463 g/mol. The van der Waals surface area contributed by atoms with Gasteiger partial charge in [-0.25, -0.2) is 0 Å². The predicted molar refractivity (Wildman–Crippen MR) is 123 cm³/mol. The fourth-order valence-electron chi connectivity index (χ4n) is 9.25. The van der Waals surface area contributed by atoms with Crippen molar-refractivity contribution in [3.05, 3.63) is 0 Å². The molecule has 0 unspecified atom stereocenters. The lowest BCUT2D eigenvalue weighted by molar-refractivity contribution is -0.198. The van der Waals surface area contributed by atoms with Gasteiger partial charge in [-0.2, -0.15) is 0 Å². The first kappa shape index (κ1) is 24.5. The topological polar surface area (TPSA) is 89.9 Å². The quantitative estimate of drug-likeness (QED) is 0.563. The number of hydrogen-bond donors (Lipinski definition) is 1. The third kappa shape index (κ3) is 4.20. The molecular formula is C27H42O6. The molecule has 33 heavy (non-hydrogen) atoms. The molecule has 0 radical (unpaired) electrons. The Morgan fingerprint density at radius 2 is 1.64 bits per heavy atom. The van der Waals surface area contributed by atoms with Crippen molar-refractivity contribution >= 4 is 17.9 Å². The summed E-state index contributed by atoms with van der Waals surface area (Å²) in [6.45, 7) is 9.80. The molecule has 4 fully saturated rings. The molecule has 4 rings (SSSR count). The zero-order chi connectivity index (χ0) is 24.1. The van der Waals surface area contributed by atoms with Gasteiger partial charge in [0.05, 0.1) is 0 Å². The summed E-state index contributed by atoms with van der Waals surface area (Å²) in [5.74, 6) is 1.24. The van der Waals surface area contributed by atoms with E-state index in [0.717, 1.165) is 44.9 Å². The molecule has 6 heteroatoms. The van der Waals surface area contributed by atoms with Crippen LogP contribution in [0.3, 0.4) is 0 Å².